The molecule has 0 saturated carbocycles. The Balaban J connectivity index is 2.17. The Morgan fingerprint density at radius 1 is 1.16 bits per heavy atom. The fourth-order valence-corrected chi connectivity index (χ4v) is 2.11. The number of hydrogen-bond acceptors (Lipinski definition) is 2. The monoisotopic (exact) mass is 295 g/mol. The van der Waals surface area contributed by atoms with Crippen LogP contribution in [0.15, 0.2) is 24.3 Å². The quantitative estimate of drug-likeness (QED) is 0.677. The molecule has 3 nitrogen and oxygen atoms in total. The van der Waals surface area contributed by atoms with E-state index in [1.807, 2.05) is 0 Å². The molecule has 2 heterocycles. The summed E-state index contributed by atoms with van der Waals surface area (Å²) in [5.41, 5.74) is 2.50. The van der Waals surface area contributed by atoms with Gasteiger partial charge in [-0.3, -0.25) is 0 Å². The summed E-state index contributed by atoms with van der Waals surface area (Å²) in [4.78, 5) is 11.5. The molecule has 19 heavy (non-hydrogen) atoms. The van der Waals surface area contributed by atoms with Gasteiger partial charge in [0, 0.05) is 5.56 Å². The first-order chi connectivity index (χ1) is 9.04. The van der Waals surface area contributed by atoms with E-state index in [-0.39, 0.29) is 11.0 Å². The average Bonchev–Trinajstić information content (AvgIpc) is 2.76. The molecule has 3 rings (SSSR count). The molecule has 0 radical (unpaired) electrons. The van der Waals surface area contributed by atoms with E-state index in [2.05, 4.69) is 15.0 Å². The van der Waals surface area contributed by atoms with Crippen LogP contribution in [0.25, 0.3) is 22.6 Å². The third-order valence-corrected chi connectivity index (χ3v) is 3.49. The molecule has 0 amide bonds. The van der Waals surface area contributed by atoms with E-state index >= 15 is 0 Å². The van der Waals surface area contributed by atoms with Crippen molar-refractivity contribution in [2.45, 2.75) is 6.92 Å². The minimum Gasteiger partial charge on any atom is -0.337 e. The van der Waals surface area contributed by atoms with Crippen molar-refractivity contribution >= 4 is 34.4 Å². The first kappa shape index (κ1) is 12.4. The third-order valence-electron chi connectivity index (χ3n) is 2.82. The zero-order valence-electron chi connectivity index (χ0n) is 9.84. The van der Waals surface area contributed by atoms with E-state index in [0.717, 1.165) is 5.56 Å². The Labute approximate surface area is 118 Å². The Hall–Kier alpha value is -1.65. The van der Waals surface area contributed by atoms with E-state index < -0.39 is 0 Å². The van der Waals surface area contributed by atoms with Gasteiger partial charge in [0.2, 0.25) is 0 Å². The number of fused-ring (bicyclic) bond motifs is 1. The molecule has 3 aromatic rings. The van der Waals surface area contributed by atoms with Gasteiger partial charge in [0.15, 0.2) is 5.65 Å². The molecule has 0 aliphatic carbocycles. The Morgan fingerprint density at radius 3 is 2.68 bits per heavy atom. The molecule has 0 unspecified atom stereocenters. The highest BCUT2D eigenvalue weighted by Gasteiger charge is 2.10. The molecular weight excluding hydrogens is 288 g/mol. The Bertz CT molecular complexity index is 744. The molecule has 0 aliphatic heterocycles. The van der Waals surface area contributed by atoms with E-state index in [1.165, 1.54) is 6.07 Å². The first-order valence-electron chi connectivity index (χ1n) is 5.53. The number of aromatic amines is 1. The lowest BCUT2D eigenvalue weighted by molar-refractivity contribution is 0.618. The Kier molecular flexibility index (Phi) is 2.92. The van der Waals surface area contributed by atoms with Gasteiger partial charge in [-0.05, 0) is 36.8 Å². The van der Waals surface area contributed by atoms with Crippen molar-refractivity contribution in [3.8, 4) is 11.4 Å². The van der Waals surface area contributed by atoms with E-state index in [1.54, 1.807) is 25.1 Å². The van der Waals surface area contributed by atoms with Gasteiger partial charge in [-0.2, -0.15) is 0 Å². The van der Waals surface area contributed by atoms with Crippen LogP contribution in [0.2, 0.25) is 10.2 Å². The summed E-state index contributed by atoms with van der Waals surface area (Å²) in [5.74, 6) is 0.355. The molecule has 96 valence electrons. The summed E-state index contributed by atoms with van der Waals surface area (Å²) in [5, 5.41) is 0.571. The molecule has 0 fully saturated rings. The summed E-state index contributed by atoms with van der Waals surface area (Å²) in [6, 6.07) is 6.45. The van der Waals surface area contributed by atoms with Gasteiger partial charge in [0.25, 0.3) is 0 Å². The van der Waals surface area contributed by atoms with Crippen LogP contribution in [0.4, 0.5) is 4.39 Å². The fraction of sp³-hybridized carbons (Fsp3) is 0.0769. The molecule has 0 saturated heterocycles. The number of nitrogens with one attached hydrogen (secondary N) is 1. The highest BCUT2D eigenvalue weighted by atomic mass is 35.5. The van der Waals surface area contributed by atoms with Crippen molar-refractivity contribution in [1.29, 1.82) is 0 Å². The highest BCUT2D eigenvalue weighted by molar-refractivity contribution is 6.41. The number of nitrogens with zero attached hydrogens (tertiary/aromatic N) is 2. The van der Waals surface area contributed by atoms with Crippen LogP contribution in [0.1, 0.15) is 5.56 Å². The average molecular weight is 296 g/mol. The van der Waals surface area contributed by atoms with Crippen LogP contribution in [0.3, 0.4) is 0 Å². The summed E-state index contributed by atoms with van der Waals surface area (Å²) in [7, 11) is 0. The van der Waals surface area contributed by atoms with Crippen molar-refractivity contribution in [2.75, 3.05) is 0 Å². The standard InChI is InChI=1S/C13H8Cl2FN3/c1-6-4-7(2-3-9(6)16)12-17-10-5-8(14)11(15)18-13(10)19-12/h2-5H,1H3,(H,17,18,19). The molecule has 0 bridgehead atoms. The van der Waals surface area contributed by atoms with E-state index in [9.17, 15) is 4.39 Å². The summed E-state index contributed by atoms with van der Waals surface area (Å²) >= 11 is 11.7. The lowest BCUT2D eigenvalue weighted by Gasteiger charge is -1.99. The van der Waals surface area contributed by atoms with Gasteiger partial charge < -0.3 is 4.98 Å². The number of benzene rings is 1. The van der Waals surface area contributed by atoms with Gasteiger partial charge in [0.05, 0.1) is 10.5 Å². The van der Waals surface area contributed by atoms with Crippen LogP contribution in [-0.2, 0) is 0 Å². The van der Waals surface area contributed by atoms with Gasteiger partial charge >= 0.3 is 0 Å². The van der Waals surface area contributed by atoms with Crippen molar-refractivity contribution < 1.29 is 4.39 Å². The molecule has 6 heteroatoms. The topological polar surface area (TPSA) is 41.6 Å². The second-order valence-corrected chi connectivity index (χ2v) is 4.95. The normalized spacial score (nSPS) is 11.2. The third kappa shape index (κ3) is 2.17. The number of rotatable bonds is 1. The predicted molar refractivity (Wildman–Crippen MR) is 74.0 cm³/mol. The molecule has 0 aliphatic rings. The summed E-state index contributed by atoms with van der Waals surface area (Å²) in [6.07, 6.45) is 0. The molecule has 1 N–H and O–H groups in total. The molecule has 2 aromatic heterocycles. The zero-order valence-corrected chi connectivity index (χ0v) is 11.3. The minimum atomic E-state index is -0.246. The van der Waals surface area contributed by atoms with E-state index in [4.69, 9.17) is 23.2 Å². The van der Waals surface area contributed by atoms with Crippen molar-refractivity contribution in [3.63, 3.8) is 0 Å². The van der Waals surface area contributed by atoms with E-state index in [0.29, 0.717) is 27.6 Å². The van der Waals surface area contributed by atoms with Crippen LogP contribution >= 0.6 is 23.2 Å². The molecule has 0 atom stereocenters. The molecule has 1 aromatic carbocycles. The van der Waals surface area contributed by atoms with Crippen LogP contribution in [-0.4, -0.2) is 15.0 Å². The number of imidazole rings is 1. The molecule has 0 spiro atoms. The smallest absolute Gasteiger partial charge is 0.179 e. The number of H-pyrrole nitrogens is 1. The van der Waals surface area contributed by atoms with Gasteiger partial charge in [-0.1, -0.05) is 23.2 Å². The van der Waals surface area contributed by atoms with Crippen molar-refractivity contribution in [3.05, 3.63) is 45.8 Å². The number of aromatic nitrogens is 3. The Morgan fingerprint density at radius 2 is 1.95 bits per heavy atom. The lowest BCUT2D eigenvalue weighted by atomic mass is 10.1. The SMILES string of the molecule is Cc1cc(-c2nc3nc(Cl)c(Cl)cc3[nH]2)ccc1F. The second kappa shape index (κ2) is 4.47. The first-order valence-corrected chi connectivity index (χ1v) is 6.28. The van der Waals surface area contributed by atoms with Gasteiger partial charge in [0.1, 0.15) is 16.8 Å². The van der Waals surface area contributed by atoms with Crippen molar-refractivity contribution in [2.24, 2.45) is 0 Å². The van der Waals surface area contributed by atoms with Crippen LogP contribution in [0, 0.1) is 12.7 Å². The largest absolute Gasteiger partial charge is 0.337 e. The maximum Gasteiger partial charge on any atom is 0.179 e. The minimum absolute atomic E-state index is 0.211. The molecular formula is C13H8Cl2FN3. The maximum absolute atomic E-state index is 13.2. The second-order valence-electron chi connectivity index (χ2n) is 4.18. The lowest BCUT2D eigenvalue weighted by Crippen LogP contribution is -1.85. The highest BCUT2D eigenvalue weighted by Crippen LogP contribution is 2.26. The summed E-state index contributed by atoms with van der Waals surface area (Å²) in [6.45, 7) is 1.70. The number of aryl methyl sites for hydroxylation is 1. The van der Waals surface area contributed by atoms with Gasteiger partial charge in [-0.25, -0.2) is 14.4 Å². The zero-order chi connectivity index (χ0) is 13.6. The number of pyridine rings is 1. The van der Waals surface area contributed by atoms with Gasteiger partial charge in [-0.15, -0.1) is 0 Å². The number of halogens is 3. The summed E-state index contributed by atoms with van der Waals surface area (Å²) < 4.78 is 13.2. The maximum atomic E-state index is 13.2. The number of hydrogen-bond donors (Lipinski definition) is 1. The van der Waals surface area contributed by atoms with Crippen LogP contribution in [0.5, 0.6) is 0 Å². The van der Waals surface area contributed by atoms with Crippen molar-refractivity contribution in [1.82, 2.24) is 15.0 Å². The fourth-order valence-electron chi connectivity index (χ4n) is 1.82. The predicted octanol–water partition coefficient (Wildman–Crippen LogP) is 4.38. The van der Waals surface area contributed by atoms with Crippen LogP contribution < -0.4 is 0 Å².